The second-order valence-corrected chi connectivity index (χ2v) is 6.74. The molecule has 0 aliphatic carbocycles. The van der Waals surface area contributed by atoms with E-state index in [4.69, 9.17) is 26.2 Å². The quantitative estimate of drug-likeness (QED) is 0.355. The topological polar surface area (TPSA) is 83.5 Å². The average Bonchev–Trinajstić information content (AvgIpc) is 2.32. The standard InChI is InChI=1S/C8H19BO7PSi/c1-7(10)14-5-8(6-15-18(4)9)16-17(11,12-2)13-3/h7-8,10H,5-6H2,1-4H3. The van der Waals surface area contributed by atoms with Crippen LogP contribution in [-0.2, 0) is 27.3 Å². The van der Waals surface area contributed by atoms with Gasteiger partial charge in [-0.3, -0.25) is 13.6 Å². The number of aliphatic hydroxyl groups is 1. The van der Waals surface area contributed by atoms with Gasteiger partial charge in [-0.25, -0.2) is 4.57 Å². The van der Waals surface area contributed by atoms with E-state index < -0.39 is 29.1 Å². The molecule has 0 aliphatic rings. The van der Waals surface area contributed by atoms with Crippen molar-refractivity contribution in [2.75, 3.05) is 27.4 Å². The lowest BCUT2D eigenvalue weighted by Crippen LogP contribution is -2.30. The molecule has 0 fully saturated rings. The first-order chi connectivity index (χ1) is 8.33. The predicted molar refractivity (Wildman–Crippen MR) is 67.5 cm³/mol. The van der Waals surface area contributed by atoms with Crippen molar-refractivity contribution in [3.8, 4) is 0 Å². The van der Waals surface area contributed by atoms with Crippen molar-refractivity contribution in [3.63, 3.8) is 0 Å². The molecule has 0 amide bonds. The van der Waals surface area contributed by atoms with Crippen molar-refractivity contribution >= 4 is 24.2 Å². The summed E-state index contributed by atoms with van der Waals surface area (Å²) < 4.78 is 36.4. The second-order valence-electron chi connectivity index (χ2n) is 3.39. The van der Waals surface area contributed by atoms with E-state index in [-0.39, 0.29) is 13.2 Å². The maximum atomic E-state index is 11.8. The van der Waals surface area contributed by atoms with Crippen molar-refractivity contribution in [2.24, 2.45) is 0 Å². The van der Waals surface area contributed by atoms with Crippen molar-refractivity contribution < 1.29 is 32.4 Å². The zero-order chi connectivity index (χ0) is 14.2. The first kappa shape index (κ1) is 18.3. The van der Waals surface area contributed by atoms with E-state index >= 15 is 0 Å². The van der Waals surface area contributed by atoms with E-state index in [1.54, 1.807) is 6.55 Å². The summed E-state index contributed by atoms with van der Waals surface area (Å²) in [5.41, 5.74) is 0. The van der Waals surface area contributed by atoms with Gasteiger partial charge in [0, 0.05) is 14.2 Å². The van der Waals surface area contributed by atoms with Crippen LogP contribution in [0.25, 0.3) is 0 Å². The van der Waals surface area contributed by atoms with E-state index in [2.05, 4.69) is 9.05 Å². The molecule has 2 atom stereocenters. The minimum Gasteiger partial charge on any atom is -0.424 e. The number of ether oxygens (including phenoxy) is 1. The fraction of sp³-hybridized carbons (Fsp3) is 1.00. The van der Waals surface area contributed by atoms with Gasteiger partial charge in [0.15, 0.2) is 15.2 Å². The van der Waals surface area contributed by atoms with Crippen LogP contribution in [0.5, 0.6) is 0 Å². The molecule has 0 aliphatic heterocycles. The second kappa shape index (κ2) is 9.22. The molecule has 0 aromatic carbocycles. The highest BCUT2D eigenvalue weighted by Gasteiger charge is 2.28. The molecule has 3 radical (unpaired) electrons. The lowest BCUT2D eigenvalue weighted by Gasteiger charge is -2.23. The Kier molecular flexibility index (Phi) is 9.36. The van der Waals surface area contributed by atoms with Gasteiger partial charge >= 0.3 is 7.82 Å². The van der Waals surface area contributed by atoms with Gasteiger partial charge in [0.1, 0.15) is 6.10 Å². The number of phosphoric ester groups is 1. The van der Waals surface area contributed by atoms with E-state index in [0.29, 0.717) is 0 Å². The minimum absolute atomic E-state index is 0.0243. The first-order valence-corrected chi connectivity index (χ1v) is 8.69. The minimum atomic E-state index is -3.63. The highest BCUT2D eigenvalue weighted by molar-refractivity contribution is 7.48. The summed E-state index contributed by atoms with van der Waals surface area (Å²) in [5, 5.41) is 9.02. The third kappa shape index (κ3) is 8.39. The third-order valence-electron chi connectivity index (χ3n) is 1.75. The Morgan fingerprint density at radius 2 is 1.89 bits per heavy atom. The molecule has 0 saturated carbocycles. The van der Waals surface area contributed by atoms with Crippen LogP contribution in [0.1, 0.15) is 6.92 Å². The molecular weight excluding hydrogens is 278 g/mol. The highest BCUT2D eigenvalue weighted by Crippen LogP contribution is 2.48. The smallest absolute Gasteiger partial charge is 0.424 e. The van der Waals surface area contributed by atoms with Crippen LogP contribution in [0.15, 0.2) is 0 Å². The maximum absolute atomic E-state index is 11.8. The molecular formula is C8H19BO7PSi. The van der Waals surface area contributed by atoms with Crippen molar-refractivity contribution in [1.29, 1.82) is 0 Å². The Morgan fingerprint density at radius 1 is 1.33 bits per heavy atom. The molecule has 0 aromatic rings. The zero-order valence-corrected chi connectivity index (χ0v) is 12.9. The summed E-state index contributed by atoms with van der Waals surface area (Å²) in [5.74, 6) is 0. The predicted octanol–water partition coefficient (Wildman–Crippen LogP) is 0.430. The van der Waals surface area contributed by atoms with Gasteiger partial charge in [0.05, 0.1) is 20.7 Å². The Morgan fingerprint density at radius 3 is 2.28 bits per heavy atom. The van der Waals surface area contributed by atoms with Gasteiger partial charge in [-0.1, -0.05) is 6.55 Å². The molecule has 10 heteroatoms. The third-order valence-corrected chi connectivity index (χ3v) is 3.82. The fourth-order valence-corrected chi connectivity index (χ4v) is 2.18. The fourth-order valence-electron chi connectivity index (χ4n) is 0.923. The molecule has 0 rings (SSSR count). The van der Waals surface area contributed by atoms with Crippen molar-refractivity contribution in [2.45, 2.75) is 25.9 Å². The van der Waals surface area contributed by atoms with Gasteiger partial charge in [-0.2, -0.15) is 0 Å². The van der Waals surface area contributed by atoms with Crippen LogP contribution in [-0.4, -0.2) is 61.3 Å². The van der Waals surface area contributed by atoms with Crippen LogP contribution < -0.4 is 0 Å². The Hall–Kier alpha value is 0.272. The number of hydrogen-bond donors (Lipinski definition) is 1. The summed E-state index contributed by atoms with van der Waals surface area (Å²) in [6.07, 6.45) is -1.68. The molecule has 2 unspecified atom stereocenters. The van der Waals surface area contributed by atoms with Crippen LogP contribution in [0.3, 0.4) is 0 Å². The lowest BCUT2D eigenvalue weighted by atomic mass is 10.4. The van der Waals surface area contributed by atoms with Gasteiger partial charge in [0.25, 0.3) is 0 Å². The number of phosphoric acid groups is 1. The summed E-state index contributed by atoms with van der Waals surface area (Å²) >= 11 is 0. The Labute approximate surface area is 110 Å². The lowest BCUT2D eigenvalue weighted by molar-refractivity contribution is -0.113. The van der Waals surface area contributed by atoms with Gasteiger partial charge in [-0.15, -0.1) is 0 Å². The number of rotatable bonds is 10. The van der Waals surface area contributed by atoms with Crippen LogP contribution in [0, 0.1) is 0 Å². The van der Waals surface area contributed by atoms with E-state index in [1.807, 2.05) is 0 Å². The number of aliphatic hydroxyl groups excluding tert-OH is 1. The van der Waals surface area contributed by atoms with E-state index in [9.17, 15) is 4.57 Å². The van der Waals surface area contributed by atoms with Crippen LogP contribution in [0.2, 0.25) is 6.55 Å². The van der Waals surface area contributed by atoms with Crippen LogP contribution in [0.4, 0.5) is 0 Å². The zero-order valence-electron chi connectivity index (χ0n) is 11.0. The summed E-state index contributed by atoms with van der Waals surface area (Å²) in [7, 11) is 2.90. The first-order valence-electron chi connectivity index (χ1n) is 5.24. The monoisotopic (exact) mass is 297 g/mol. The van der Waals surface area contributed by atoms with E-state index in [1.165, 1.54) is 21.1 Å². The van der Waals surface area contributed by atoms with E-state index in [0.717, 1.165) is 0 Å². The molecule has 18 heavy (non-hydrogen) atoms. The van der Waals surface area contributed by atoms with Crippen molar-refractivity contribution in [3.05, 3.63) is 0 Å². The largest absolute Gasteiger partial charge is 0.474 e. The molecule has 0 saturated heterocycles. The Bertz CT molecular complexity index is 246. The normalized spacial score (nSPS) is 15.9. The molecule has 105 valence electrons. The molecule has 0 aromatic heterocycles. The van der Waals surface area contributed by atoms with Gasteiger partial charge < -0.3 is 14.3 Å². The highest BCUT2D eigenvalue weighted by atomic mass is 31.2. The number of hydrogen-bond acceptors (Lipinski definition) is 7. The summed E-state index contributed by atoms with van der Waals surface area (Å²) in [6, 6.07) is 0. The maximum Gasteiger partial charge on any atom is 0.474 e. The van der Waals surface area contributed by atoms with Gasteiger partial charge in [-0.05, 0) is 6.92 Å². The average molecular weight is 297 g/mol. The summed E-state index contributed by atoms with van der Waals surface area (Å²) in [6.45, 7) is 3.24. The molecule has 0 heterocycles. The Balaban J connectivity index is 4.40. The molecule has 7 nitrogen and oxygen atoms in total. The molecule has 0 spiro atoms. The van der Waals surface area contributed by atoms with Gasteiger partial charge in [0.2, 0.25) is 0 Å². The summed E-state index contributed by atoms with van der Waals surface area (Å²) in [4.78, 5) is 0. The SMILES string of the molecule is [B][Si](C)OCC(COC(C)O)OP(=O)(OC)OC. The molecule has 0 bridgehead atoms. The van der Waals surface area contributed by atoms with Crippen molar-refractivity contribution in [1.82, 2.24) is 0 Å². The van der Waals surface area contributed by atoms with Crippen LogP contribution >= 0.6 is 7.82 Å². The molecule has 1 N–H and O–H groups in total.